The first-order chi connectivity index (χ1) is 10.7. The Morgan fingerprint density at radius 2 is 2.22 bits per heavy atom. The van der Waals surface area contributed by atoms with Crippen LogP contribution in [-0.2, 0) is 11.2 Å². The summed E-state index contributed by atoms with van der Waals surface area (Å²) in [7, 11) is 0. The fourth-order valence-electron chi connectivity index (χ4n) is 3.17. The largest absolute Gasteiger partial charge is 0.353 e. The summed E-state index contributed by atoms with van der Waals surface area (Å²) in [6, 6.07) is 8.85. The average Bonchev–Trinajstić information content (AvgIpc) is 2.93. The van der Waals surface area contributed by atoms with Crippen LogP contribution < -0.4 is 10.6 Å². The van der Waals surface area contributed by atoms with Crippen molar-refractivity contribution in [1.29, 1.82) is 0 Å². The number of aryl methyl sites for hydroxylation is 1. The second-order valence-electron chi connectivity index (χ2n) is 6.25. The van der Waals surface area contributed by atoms with Crippen molar-refractivity contribution in [3.05, 3.63) is 35.2 Å². The molecule has 0 aliphatic carbocycles. The summed E-state index contributed by atoms with van der Waals surface area (Å²) >= 11 is 1.79. The number of nitrogens with one attached hydrogen (secondary N) is 2. The molecule has 2 atom stereocenters. The van der Waals surface area contributed by atoms with Crippen LogP contribution >= 0.6 is 23.7 Å². The Hall–Kier alpha value is -1.10. The molecule has 2 N–H and O–H groups in total. The maximum absolute atomic E-state index is 12.1. The topological polar surface area (TPSA) is 41.1 Å². The molecule has 3 rings (SSSR count). The third-order valence-corrected chi connectivity index (χ3v) is 5.56. The van der Waals surface area contributed by atoms with E-state index in [0.29, 0.717) is 18.4 Å². The minimum Gasteiger partial charge on any atom is -0.353 e. The molecule has 2 heterocycles. The van der Waals surface area contributed by atoms with E-state index in [-0.39, 0.29) is 18.3 Å². The van der Waals surface area contributed by atoms with Gasteiger partial charge in [-0.15, -0.1) is 23.7 Å². The summed E-state index contributed by atoms with van der Waals surface area (Å²) in [5.41, 5.74) is 1.38. The third kappa shape index (κ3) is 4.69. The van der Waals surface area contributed by atoms with Gasteiger partial charge in [-0.2, -0.15) is 0 Å². The molecule has 0 saturated carbocycles. The summed E-state index contributed by atoms with van der Waals surface area (Å²) in [6.45, 7) is 4.22. The van der Waals surface area contributed by atoms with Crippen LogP contribution in [0.25, 0.3) is 10.1 Å². The van der Waals surface area contributed by atoms with Crippen molar-refractivity contribution in [3.8, 4) is 0 Å². The number of carbonyl (C=O) groups is 1. The Bertz CT molecular complexity index is 643. The number of amides is 1. The lowest BCUT2D eigenvalue weighted by Gasteiger charge is -2.30. The summed E-state index contributed by atoms with van der Waals surface area (Å²) in [6.07, 6.45) is 3.58. The highest BCUT2D eigenvalue weighted by Crippen LogP contribution is 2.26. The smallest absolute Gasteiger partial charge is 0.220 e. The van der Waals surface area contributed by atoms with Crippen LogP contribution in [0.2, 0.25) is 0 Å². The number of benzene rings is 1. The Morgan fingerprint density at radius 1 is 1.39 bits per heavy atom. The molecule has 5 heteroatoms. The van der Waals surface area contributed by atoms with Crippen molar-refractivity contribution in [3.63, 3.8) is 0 Å². The number of rotatable bonds is 5. The quantitative estimate of drug-likeness (QED) is 0.860. The highest BCUT2D eigenvalue weighted by Gasteiger charge is 2.22. The maximum Gasteiger partial charge on any atom is 0.220 e. The summed E-state index contributed by atoms with van der Waals surface area (Å²) < 4.78 is 1.34. The minimum absolute atomic E-state index is 0. The number of hydrogen-bond donors (Lipinski definition) is 2. The van der Waals surface area contributed by atoms with Gasteiger partial charge in [-0.1, -0.05) is 25.1 Å². The van der Waals surface area contributed by atoms with Crippen LogP contribution in [0.15, 0.2) is 29.6 Å². The maximum atomic E-state index is 12.1. The van der Waals surface area contributed by atoms with Gasteiger partial charge in [-0.05, 0) is 60.7 Å². The second-order valence-corrected chi connectivity index (χ2v) is 7.17. The van der Waals surface area contributed by atoms with Crippen molar-refractivity contribution in [2.75, 3.05) is 13.1 Å². The van der Waals surface area contributed by atoms with Crippen LogP contribution in [0.4, 0.5) is 0 Å². The van der Waals surface area contributed by atoms with Crippen molar-refractivity contribution in [2.24, 2.45) is 5.92 Å². The number of fused-ring (bicyclic) bond motifs is 1. The second kappa shape index (κ2) is 8.67. The molecule has 1 aromatic heterocycles. The van der Waals surface area contributed by atoms with Gasteiger partial charge in [0.15, 0.2) is 0 Å². The highest BCUT2D eigenvalue weighted by molar-refractivity contribution is 7.17. The first-order valence-corrected chi connectivity index (χ1v) is 9.07. The van der Waals surface area contributed by atoms with E-state index in [1.165, 1.54) is 15.6 Å². The molecular weight excluding hydrogens is 328 g/mol. The molecule has 0 radical (unpaired) electrons. The zero-order chi connectivity index (χ0) is 15.4. The fourth-order valence-corrected chi connectivity index (χ4v) is 4.17. The average molecular weight is 353 g/mol. The van der Waals surface area contributed by atoms with E-state index in [4.69, 9.17) is 0 Å². The van der Waals surface area contributed by atoms with Gasteiger partial charge < -0.3 is 10.6 Å². The third-order valence-electron chi connectivity index (χ3n) is 4.54. The van der Waals surface area contributed by atoms with Crippen molar-refractivity contribution < 1.29 is 4.79 Å². The van der Waals surface area contributed by atoms with Gasteiger partial charge in [0.1, 0.15) is 0 Å². The molecule has 2 aromatic rings. The van der Waals surface area contributed by atoms with Gasteiger partial charge in [0.2, 0.25) is 5.91 Å². The number of thiophene rings is 1. The lowest BCUT2D eigenvalue weighted by molar-refractivity contribution is -0.122. The highest BCUT2D eigenvalue weighted by atomic mass is 35.5. The molecule has 1 aliphatic rings. The Balaban J connectivity index is 0.00000192. The molecule has 1 amide bonds. The van der Waals surface area contributed by atoms with E-state index in [1.54, 1.807) is 11.3 Å². The molecule has 1 saturated heterocycles. The predicted molar refractivity (Wildman–Crippen MR) is 101 cm³/mol. The van der Waals surface area contributed by atoms with Crippen LogP contribution in [0.3, 0.4) is 0 Å². The van der Waals surface area contributed by atoms with Gasteiger partial charge in [-0.25, -0.2) is 0 Å². The van der Waals surface area contributed by atoms with E-state index in [9.17, 15) is 4.79 Å². The monoisotopic (exact) mass is 352 g/mol. The van der Waals surface area contributed by atoms with Crippen LogP contribution in [0.5, 0.6) is 0 Å². The van der Waals surface area contributed by atoms with Crippen LogP contribution in [0, 0.1) is 5.92 Å². The Morgan fingerprint density at radius 3 is 3.04 bits per heavy atom. The van der Waals surface area contributed by atoms with Crippen molar-refractivity contribution in [1.82, 2.24) is 10.6 Å². The van der Waals surface area contributed by atoms with E-state index in [0.717, 1.165) is 32.4 Å². The number of carbonyl (C=O) groups excluding carboxylic acids is 1. The number of halogens is 1. The van der Waals surface area contributed by atoms with Gasteiger partial charge >= 0.3 is 0 Å². The molecule has 0 spiro atoms. The summed E-state index contributed by atoms with van der Waals surface area (Å²) in [4.78, 5) is 12.1. The zero-order valence-corrected chi connectivity index (χ0v) is 15.1. The Labute approximate surface area is 148 Å². The van der Waals surface area contributed by atoms with Crippen molar-refractivity contribution in [2.45, 2.75) is 38.6 Å². The van der Waals surface area contributed by atoms with Gasteiger partial charge in [0.25, 0.3) is 0 Å². The fraction of sp³-hybridized carbons (Fsp3) is 0.500. The van der Waals surface area contributed by atoms with Gasteiger partial charge in [0.05, 0.1) is 0 Å². The molecule has 3 nitrogen and oxygen atoms in total. The molecule has 1 fully saturated rings. The van der Waals surface area contributed by atoms with Crippen LogP contribution in [0.1, 0.15) is 31.7 Å². The predicted octanol–water partition coefficient (Wildman–Crippen LogP) is 3.76. The summed E-state index contributed by atoms with van der Waals surface area (Å²) in [5.74, 6) is 0.733. The normalized spacial score (nSPS) is 20.9. The molecule has 23 heavy (non-hydrogen) atoms. The zero-order valence-electron chi connectivity index (χ0n) is 13.5. The van der Waals surface area contributed by atoms with Crippen LogP contribution in [-0.4, -0.2) is 25.0 Å². The number of hydrogen-bond acceptors (Lipinski definition) is 3. The molecule has 2 unspecified atom stereocenters. The molecule has 126 valence electrons. The van der Waals surface area contributed by atoms with E-state index < -0.39 is 0 Å². The molecule has 0 bridgehead atoms. The first kappa shape index (κ1) is 18.2. The standard InChI is InChI=1S/C18H24N2OS.ClH/c1-13-11-19-10-9-16(13)20-18(21)8-4-5-14-12-22-17-7-3-2-6-15(14)17;/h2-3,6-7,12-13,16,19H,4-5,8-11H2,1H3,(H,20,21);1H. The lowest BCUT2D eigenvalue weighted by atomic mass is 9.95. The first-order valence-electron chi connectivity index (χ1n) is 8.19. The van der Waals surface area contributed by atoms with E-state index >= 15 is 0 Å². The van der Waals surface area contributed by atoms with Crippen molar-refractivity contribution >= 4 is 39.7 Å². The van der Waals surface area contributed by atoms with Gasteiger partial charge in [-0.3, -0.25) is 4.79 Å². The Kier molecular flexibility index (Phi) is 6.88. The van der Waals surface area contributed by atoms with Gasteiger partial charge in [0, 0.05) is 17.2 Å². The summed E-state index contributed by atoms with van der Waals surface area (Å²) in [5, 5.41) is 10.2. The molecule has 1 aliphatic heterocycles. The molecular formula is C18H25ClN2OS. The van der Waals surface area contributed by atoms with E-state index in [2.05, 4.69) is 47.2 Å². The lowest BCUT2D eigenvalue weighted by Crippen LogP contribution is -2.48. The number of piperidine rings is 1. The molecule has 1 aromatic carbocycles. The SMILES string of the molecule is CC1CNCCC1NC(=O)CCCc1csc2ccccc12.Cl. The minimum atomic E-state index is 0. The van der Waals surface area contributed by atoms with E-state index in [1.807, 2.05) is 0 Å².